The fourth-order valence-corrected chi connectivity index (χ4v) is 4.28. The van der Waals surface area contributed by atoms with Gasteiger partial charge in [-0.25, -0.2) is 8.42 Å². The summed E-state index contributed by atoms with van der Waals surface area (Å²) in [7, 11) is -1.39. The Hall–Kier alpha value is -2.16. The minimum atomic E-state index is -4.21. The summed E-state index contributed by atoms with van der Waals surface area (Å²) in [6.07, 6.45) is 0. The molecule has 0 spiro atoms. The summed E-state index contributed by atoms with van der Waals surface area (Å²) in [6, 6.07) is 8.41. The molecule has 0 aliphatic carbocycles. The van der Waals surface area contributed by atoms with Crippen LogP contribution in [-0.4, -0.2) is 41.8 Å². The summed E-state index contributed by atoms with van der Waals surface area (Å²) in [5.74, 6) is -0.154. The van der Waals surface area contributed by atoms with E-state index in [0.717, 1.165) is 4.31 Å². The second-order valence-electron chi connectivity index (χ2n) is 5.43. The molecule has 0 bridgehead atoms. The average molecular weight is 448 g/mol. The SMILES string of the molecule is CCOC(=O)CN(c1cc(Cl)ccc1Cl)S(=O)(=O)c1ccc(OC)c(OC)c1. The zero-order chi connectivity index (χ0) is 20.9. The van der Waals surface area contributed by atoms with Crippen LogP contribution in [0.4, 0.5) is 5.69 Å². The molecular formula is C18H19Cl2NO6S. The van der Waals surface area contributed by atoms with E-state index in [1.165, 1.54) is 50.6 Å². The van der Waals surface area contributed by atoms with Gasteiger partial charge >= 0.3 is 5.97 Å². The van der Waals surface area contributed by atoms with Crippen LogP contribution in [0.25, 0.3) is 0 Å². The van der Waals surface area contributed by atoms with Crippen molar-refractivity contribution in [3.63, 3.8) is 0 Å². The zero-order valence-electron chi connectivity index (χ0n) is 15.4. The molecule has 0 saturated heterocycles. The molecule has 0 atom stereocenters. The van der Waals surface area contributed by atoms with Crippen LogP contribution in [0, 0.1) is 0 Å². The Morgan fingerprint density at radius 2 is 1.71 bits per heavy atom. The Morgan fingerprint density at radius 3 is 2.32 bits per heavy atom. The number of anilines is 1. The first-order chi connectivity index (χ1) is 13.2. The van der Waals surface area contributed by atoms with E-state index in [1.54, 1.807) is 6.92 Å². The maximum atomic E-state index is 13.3. The van der Waals surface area contributed by atoms with E-state index in [4.69, 9.17) is 37.4 Å². The Morgan fingerprint density at radius 1 is 1.04 bits per heavy atom. The van der Waals surface area contributed by atoms with Crippen LogP contribution in [0.3, 0.4) is 0 Å². The summed E-state index contributed by atoms with van der Waals surface area (Å²) in [4.78, 5) is 12.0. The molecule has 2 aromatic rings. The smallest absolute Gasteiger partial charge is 0.326 e. The van der Waals surface area contributed by atoms with Crippen LogP contribution in [0.5, 0.6) is 11.5 Å². The molecule has 10 heteroatoms. The highest BCUT2D eigenvalue weighted by Gasteiger charge is 2.30. The first-order valence-electron chi connectivity index (χ1n) is 8.10. The molecule has 28 heavy (non-hydrogen) atoms. The highest BCUT2D eigenvalue weighted by molar-refractivity contribution is 7.92. The molecule has 0 aliphatic rings. The van der Waals surface area contributed by atoms with Gasteiger partial charge in [0.15, 0.2) is 11.5 Å². The van der Waals surface area contributed by atoms with Crippen molar-refractivity contribution >= 4 is 44.9 Å². The standard InChI is InChI=1S/C18H19Cl2NO6S/c1-4-27-18(22)11-21(15-9-12(19)5-7-14(15)20)28(23,24)13-6-8-16(25-2)17(10-13)26-3/h5-10H,4,11H2,1-3H3. The Kier molecular flexibility index (Phi) is 7.40. The van der Waals surface area contributed by atoms with Crippen molar-refractivity contribution in [1.29, 1.82) is 0 Å². The summed E-state index contributed by atoms with van der Waals surface area (Å²) < 4.78 is 42.7. The number of ether oxygens (including phenoxy) is 3. The second-order valence-corrected chi connectivity index (χ2v) is 8.14. The molecule has 0 unspecified atom stereocenters. The van der Waals surface area contributed by atoms with E-state index in [9.17, 15) is 13.2 Å². The van der Waals surface area contributed by atoms with Crippen LogP contribution in [0.1, 0.15) is 6.92 Å². The van der Waals surface area contributed by atoms with Crippen molar-refractivity contribution in [3.05, 3.63) is 46.4 Å². The fraction of sp³-hybridized carbons (Fsp3) is 0.278. The van der Waals surface area contributed by atoms with Crippen LogP contribution in [0.2, 0.25) is 10.0 Å². The van der Waals surface area contributed by atoms with Crippen LogP contribution in [-0.2, 0) is 19.6 Å². The minimum absolute atomic E-state index is 0.0528. The molecule has 2 rings (SSSR count). The van der Waals surface area contributed by atoms with Gasteiger partial charge in [0.1, 0.15) is 6.54 Å². The van der Waals surface area contributed by atoms with Gasteiger partial charge in [0.05, 0.1) is 36.4 Å². The largest absolute Gasteiger partial charge is 0.493 e. The normalized spacial score (nSPS) is 11.0. The first-order valence-corrected chi connectivity index (χ1v) is 10.3. The Balaban J connectivity index is 2.61. The lowest BCUT2D eigenvalue weighted by Crippen LogP contribution is -2.36. The van der Waals surface area contributed by atoms with Crippen molar-refractivity contribution in [2.24, 2.45) is 0 Å². The molecule has 0 N–H and O–H groups in total. The predicted molar refractivity (Wildman–Crippen MR) is 107 cm³/mol. The molecule has 0 fully saturated rings. The van der Waals surface area contributed by atoms with Crippen molar-refractivity contribution in [2.75, 3.05) is 31.7 Å². The minimum Gasteiger partial charge on any atom is -0.493 e. The van der Waals surface area contributed by atoms with Crippen LogP contribution < -0.4 is 13.8 Å². The predicted octanol–water partition coefficient (Wildman–Crippen LogP) is 3.77. The van der Waals surface area contributed by atoms with Gasteiger partial charge in [-0.2, -0.15) is 0 Å². The summed E-state index contributed by atoms with van der Waals surface area (Å²) >= 11 is 12.2. The molecule has 0 amide bonds. The molecule has 7 nitrogen and oxygen atoms in total. The number of halogens is 2. The first kappa shape index (κ1) is 22.1. The maximum Gasteiger partial charge on any atom is 0.326 e. The topological polar surface area (TPSA) is 82.1 Å². The number of carbonyl (C=O) groups excluding carboxylic acids is 1. The van der Waals surface area contributed by atoms with Gasteiger partial charge in [-0.1, -0.05) is 23.2 Å². The van der Waals surface area contributed by atoms with Gasteiger partial charge in [0.25, 0.3) is 10.0 Å². The van der Waals surface area contributed by atoms with Crippen LogP contribution >= 0.6 is 23.2 Å². The van der Waals surface area contributed by atoms with Gasteiger partial charge in [-0.15, -0.1) is 0 Å². The number of benzene rings is 2. The number of hydrogen-bond donors (Lipinski definition) is 0. The van der Waals surface area contributed by atoms with E-state index in [-0.39, 0.29) is 33.0 Å². The van der Waals surface area contributed by atoms with E-state index in [0.29, 0.717) is 5.75 Å². The van der Waals surface area contributed by atoms with Crippen molar-refractivity contribution < 1.29 is 27.4 Å². The molecule has 0 heterocycles. The number of esters is 1. The van der Waals surface area contributed by atoms with E-state index in [1.807, 2.05) is 0 Å². The summed E-state index contributed by atoms with van der Waals surface area (Å²) in [5.41, 5.74) is 0.0528. The third-order valence-electron chi connectivity index (χ3n) is 3.70. The van der Waals surface area contributed by atoms with Crippen molar-refractivity contribution in [3.8, 4) is 11.5 Å². The number of rotatable bonds is 8. The summed E-state index contributed by atoms with van der Waals surface area (Å²) in [6.45, 7) is 1.15. The average Bonchev–Trinajstić information content (AvgIpc) is 2.67. The Labute approximate surface area is 173 Å². The molecule has 152 valence electrons. The highest BCUT2D eigenvalue weighted by atomic mass is 35.5. The second kappa shape index (κ2) is 9.36. The maximum absolute atomic E-state index is 13.3. The number of hydrogen-bond acceptors (Lipinski definition) is 6. The van der Waals surface area contributed by atoms with Gasteiger partial charge in [0, 0.05) is 11.1 Å². The Bertz CT molecular complexity index is 965. The van der Waals surface area contributed by atoms with Gasteiger partial charge in [-0.3, -0.25) is 9.10 Å². The molecule has 2 aromatic carbocycles. The molecule has 0 aromatic heterocycles. The molecule has 0 aliphatic heterocycles. The lowest BCUT2D eigenvalue weighted by molar-refractivity contribution is -0.141. The van der Waals surface area contributed by atoms with E-state index in [2.05, 4.69) is 0 Å². The lowest BCUT2D eigenvalue weighted by Gasteiger charge is -2.25. The van der Waals surface area contributed by atoms with Crippen molar-refractivity contribution in [1.82, 2.24) is 0 Å². The lowest BCUT2D eigenvalue weighted by atomic mass is 10.3. The fourth-order valence-electron chi connectivity index (χ4n) is 2.40. The number of methoxy groups -OCH3 is 2. The quantitative estimate of drug-likeness (QED) is 0.572. The summed E-state index contributed by atoms with van der Waals surface area (Å²) in [5, 5.41) is 0.369. The highest BCUT2D eigenvalue weighted by Crippen LogP contribution is 2.35. The third-order valence-corrected chi connectivity index (χ3v) is 6.01. The van der Waals surface area contributed by atoms with E-state index < -0.39 is 22.5 Å². The molecule has 0 radical (unpaired) electrons. The van der Waals surface area contributed by atoms with E-state index >= 15 is 0 Å². The van der Waals surface area contributed by atoms with Crippen molar-refractivity contribution in [2.45, 2.75) is 11.8 Å². The van der Waals surface area contributed by atoms with Crippen LogP contribution in [0.15, 0.2) is 41.3 Å². The number of nitrogens with zero attached hydrogens (tertiary/aromatic N) is 1. The molecule has 0 saturated carbocycles. The molecular weight excluding hydrogens is 429 g/mol. The van der Waals surface area contributed by atoms with Gasteiger partial charge < -0.3 is 14.2 Å². The van der Waals surface area contributed by atoms with Gasteiger partial charge in [-0.05, 0) is 37.3 Å². The number of carbonyl (C=O) groups is 1. The number of sulfonamides is 1. The monoisotopic (exact) mass is 447 g/mol. The van der Waals surface area contributed by atoms with Gasteiger partial charge in [0.2, 0.25) is 0 Å². The zero-order valence-corrected chi connectivity index (χ0v) is 17.8. The third kappa shape index (κ3) is 4.81.